The van der Waals surface area contributed by atoms with Crippen LogP contribution in [0.5, 0.6) is 5.75 Å². The molecule has 0 aliphatic heterocycles. The highest BCUT2D eigenvalue weighted by atomic mass is 19.1. The number of benzene rings is 2. The van der Waals surface area contributed by atoms with Crippen LogP contribution in [0.4, 0.5) is 10.2 Å². The SMILES string of the molecule is CC(CNCCCO)Nc1nc(-c2cc(F)ccc2O)nc2ccccc12. The van der Waals surface area contributed by atoms with E-state index < -0.39 is 5.82 Å². The molecule has 0 fully saturated rings. The van der Waals surface area contributed by atoms with Gasteiger partial charge in [0.25, 0.3) is 0 Å². The van der Waals surface area contributed by atoms with E-state index in [1.807, 2.05) is 31.2 Å². The first-order valence-corrected chi connectivity index (χ1v) is 8.92. The molecule has 1 aromatic heterocycles. The van der Waals surface area contributed by atoms with Crippen LogP contribution >= 0.6 is 0 Å². The fourth-order valence-electron chi connectivity index (χ4n) is 2.80. The molecular weight excluding hydrogens is 347 g/mol. The number of aromatic hydroxyl groups is 1. The van der Waals surface area contributed by atoms with Crippen molar-refractivity contribution in [3.63, 3.8) is 0 Å². The molecule has 3 aromatic rings. The van der Waals surface area contributed by atoms with Crippen LogP contribution in [0, 0.1) is 5.82 Å². The monoisotopic (exact) mass is 370 g/mol. The maximum absolute atomic E-state index is 13.7. The maximum atomic E-state index is 13.7. The number of fused-ring (bicyclic) bond motifs is 1. The zero-order chi connectivity index (χ0) is 19.2. The quantitative estimate of drug-likeness (QED) is 0.456. The number of halogens is 1. The molecule has 142 valence electrons. The Hall–Kier alpha value is -2.77. The Morgan fingerprint density at radius 1 is 1.15 bits per heavy atom. The summed E-state index contributed by atoms with van der Waals surface area (Å²) in [5.74, 6) is 0.344. The van der Waals surface area contributed by atoms with Crippen molar-refractivity contribution in [2.45, 2.75) is 19.4 Å². The van der Waals surface area contributed by atoms with Gasteiger partial charge < -0.3 is 20.8 Å². The standard InChI is InChI=1S/C20H23FN4O2/c1-13(12-22-9-4-10-26)23-19-15-5-2-3-6-17(15)24-20(25-19)16-11-14(21)7-8-18(16)27/h2-3,5-8,11,13,22,26-27H,4,9-10,12H2,1H3,(H,23,24,25). The molecule has 2 aromatic carbocycles. The largest absolute Gasteiger partial charge is 0.507 e. The van der Waals surface area contributed by atoms with E-state index in [1.165, 1.54) is 18.2 Å². The lowest BCUT2D eigenvalue weighted by Gasteiger charge is -2.17. The number of hydrogen-bond acceptors (Lipinski definition) is 6. The highest BCUT2D eigenvalue weighted by molar-refractivity contribution is 5.91. The second kappa shape index (κ2) is 8.75. The van der Waals surface area contributed by atoms with Gasteiger partial charge in [-0.15, -0.1) is 0 Å². The van der Waals surface area contributed by atoms with Crippen molar-refractivity contribution in [3.05, 3.63) is 48.3 Å². The summed E-state index contributed by atoms with van der Waals surface area (Å²) in [7, 11) is 0. The lowest BCUT2D eigenvalue weighted by Crippen LogP contribution is -2.31. The van der Waals surface area contributed by atoms with E-state index in [9.17, 15) is 9.50 Å². The summed E-state index contributed by atoms with van der Waals surface area (Å²) in [6.07, 6.45) is 0.701. The van der Waals surface area contributed by atoms with Gasteiger partial charge in [0.15, 0.2) is 5.82 Å². The van der Waals surface area contributed by atoms with Crippen LogP contribution in [0.15, 0.2) is 42.5 Å². The molecule has 1 unspecified atom stereocenters. The maximum Gasteiger partial charge on any atom is 0.165 e. The normalized spacial score (nSPS) is 12.3. The van der Waals surface area contributed by atoms with Gasteiger partial charge in [-0.1, -0.05) is 12.1 Å². The van der Waals surface area contributed by atoms with E-state index >= 15 is 0 Å². The van der Waals surface area contributed by atoms with Crippen molar-refractivity contribution < 1.29 is 14.6 Å². The minimum Gasteiger partial charge on any atom is -0.507 e. The van der Waals surface area contributed by atoms with Gasteiger partial charge in [0.05, 0.1) is 11.1 Å². The summed E-state index contributed by atoms with van der Waals surface area (Å²) in [4.78, 5) is 9.02. The van der Waals surface area contributed by atoms with Gasteiger partial charge in [-0.2, -0.15) is 0 Å². The summed E-state index contributed by atoms with van der Waals surface area (Å²) < 4.78 is 13.7. The van der Waals surface area contributed by atoms with Gasteiger partial charge in [-0.25, -0.2) is 14.4 Å². The fraction of sp³-hybridized carbons (Fsp3) is 0.300. The van der Waals surface area contributed by atoms with E-state index in [0.29, 0.717) is 24.3 Å². The molecule has 6 nitrogen and oxygen atoms in total. The summed E-state index contributed by atoms with van der Waals surface area (Å²) in [5, 5.41) is 26.4. The molecular formula is C20H23FN4O2. The number of nitrogens with zero attached hydrogens (tertiary/aromatic N) is 2. The molecule has 0 bridgehead atoms. The van der Waals surface area contributed by atoms with Gasteiger partial charge >= 0.3 is 0 Å². The Balaban J connectivity index is 1.93. The van der Waals surface area contributed by atoms with Crippen LogP contribution in [0.25, 0.3) is 22.3 Å². The zero-order valence-corrected chi connectivity index (χ0v) is 15.1. The molecule has 4 N–H and O–H groups in total. The van der Waals surface area contributed by atoms with Crippen LogP contribution < -0.4 is 10.6 Å². The average molecular weight is 370 g/mol. The zero-order valence-electron chi connectivity index (χ0n) is 15.1. The third kappa shape index (κ3) is 4.69. The first-order valence-electron chi connectivity index (χ1n) is 8.92. The molecule has 0 spiro atoms. The Kier molecular flexibility index (Phi) is 6.16. The lowest BCUT2D eigenvalue weighted by atomic mass is 10.1. The number of phenols is 1. The minimum atomic E-state index is -0.462. The topological polar surface area (TPSA) is 90.3 Å². The van der Waals surface area contributed by atoms with Gasteiger partial charge in [0.1, 0.15) is 17.4 Å². The number of nitrogens with one attached hydrogen (secondary N) is 2. The van der Waals surface area contributed by atoms with Crippen molar-refractivity contribution in [2.75, 3.05) is 25.0 Å². The van der Waals surface area contributed by atoms with Crippen LogP contribution in [-0.4, -0.2) is 45.9 Å². The highest BCUT2D eigenvalue weighted by Crippen LogP contribution is 2.30. The molecule has 0 aliphatic carbocycles. The Labute approximate surface area is 157 Å². The molecule has 0 saturated heterocycles. The van der Waals surface area contributed by atoms with E-state index in [0.717, 1.165) is 11.9 Å². The van der Waals surface area contributed by atoms with Crippen molar-refractivity contribution in [1.82, 2.24) is 15.3 Å². The molecule has 1 atom stereocenters. The van der Waals surface area contributed by atoms with Crippen LogP contribution in [0.2, 0.25) is 0 Å². The Morgan fingerprint density at radius 3 is 2.78 bits per heavy atom. The van der Waals surface area contributed by atoms with Crippen LogP contribution in [0.3, 0.4) is 0 Å². The molecule has 0 amide bonds. The van der Waals surface area contributed by atoms with Crippen molar-refractivity contribution in [2.24, 2.45) is 0 Å². The summed E-state index contributed by atoms with van der Waals surface area (Å²) in [5.41, 5.74) is 0.951. The number of hydrogen-bond donors (Lipinski definition) is 4. The van der Waals surface area contributed by atoms with Crippen molar-refractivity contribution in [3.8, 4) is 17.1 Å². The molecule has 0 saturated carbocycles. The molecule has 1 heterocycles. The third-order valence-electron chi connectivity index (χ3n) is 4.15. The van der Waals surface area contributed by atoms with Crippen molar-refractivity contribution >= 4 is 16.7 Å². The summed E-state index contributed by atoms with van der Waals surface area (Å²) >= 11 is 0. The Bertz CT molecular complexity index is 920. The van der Waals surface area contributed by atoms with E-state index in [4.69, 9.17) is 5.11 Å². The van der Waals surface area contributed by atoms with Crippen molar-refractivity contribution in [1.29, 1.82) is 0 Å². The van der Waals surface area contributed by atoms with E-state index in [1.54, 1.807) is 0 Å². The second-order valence-electron chi connectivity index (χ2n) is 6.40. The smallest absolute Gasteiger partial charge is 0.165 e. The second-order valence-corrected chi connectivity index (χ2v) is 6.40. The molecule has 0 aliphatic rings. The van der Waals surface area contributed by atoms with Gasteiger partial charge in [-0.3, -0.25) is 0 Å². The number of anilines is 1. The number of para-hydroxylation sites is 1. The summed E-state index contributed by atoms with van der Waals surface area (Å²) in [6, 6.07) is 11.3. The number of rotatable bonds is 8. The first kappa shape index (κ1) is 19.0. The van der Waals surface area contributed by atoms with Gasteiger partial charge in [0.2, 0.25) is 0 Å². The molecule has 7 heteroatoms. The molecule has 3 rings (SSSR count). The molecule has 0 radical (unpaired) electrons. The first-order chi connectivity index (χ1) is 13.1. The van der Waals surface area contributed by atoms with Crippen LogP contribution in [-0.2, 0) is 0 Å². The number of aliphatic hydroxyl groups excluding tert-OH is 1. The predicted molar refractivity (Wildman–Crippen MR) is 104 cm³/mol. The predicted octanol–water partition coefficient (Wildman–Crippen LogP) is 2.91. The van der Waals surface area contributed by atoms with Gasteiger partial charge in [-0.05, 0) is 50.2 Å². The van der Waals surface area contributed by atoms with Gasteiger partial charge in [0, 0.05) is 24.6 Å². The summed E-state index contributed by atoms with van der Waals surface area (Å²) in [6.45, 7) is 3.60. The Morgan fingerprint density at radius 2 is 1.96 bits per heavy atom. The number of aromatic nitrogens is 2. The number of aliphatic hydroxyl groups is 1. The number of phenolic OH excluding ortho intramolecular Hbond substituents is 1. The van der Waals surface area contributed by atoms with E-state index in [2.05, 4.69) is 20.6 Å². The lowest BCUT2D eigenvalue weighted by molar-refractivity contribution is 0.286. The third-order valence-corrected chi connectivity index (χ3v) is 4.15. The fourth-order valence-corrected chi connectivity index (χ4v) is 2.80. The minimum absolute atomic E-state index is 0.0657. The van der Waals surface area contributed by atoms with E-state index in [-0.39, 0.29) is 29.8 Å². The molecule has 27 heavy (non-hydrogen) atoms. The van der Waals surface area contributed by atoms with Crippen LogP contribution in [0.1, 0.15) is 13.3 Å². The average Bonchev–Trinajstić information content (AvgIpc) is 2.67. The highest BCUT2D eigenvalue weighted by Gasteiger charge is 2.14.